The van der Waals surface area contributed by atoms with Crippen molar-refractivity contribution in [3.63, 3.8) is 0 Å². The summed E-state index contributed by atoms with van der Waals surface area (Å²) in [4.78, 5) is 13.8. The average molecular weight is 222 g/mol. The standard InChI is InChI=1S/C12H19N3O/c1-3-8-15(9-4-2)10-13-11-6-5-7-12(16)14-11/h5-7,10H,3-4,8-9H2,1-2H3,(H,14,16)/p+1. The zero-order valence-electron chi connectivity index (χ0n) is 9.99. The first kappa shape index (κ1) is 12.5. The van der Waals surface area contributed by atoms with E-state index in [9.17, 15) is 4.79 Å². The first-order valence-electron chi connectivity index (χ1n) is 5.79. The van der Waals surface area contributed by atoms with Crippen molar-refractivity contribution in [1.29, 1.82) is 0 Å². The lowest BCUT2D eigenvalue weighted by Gasteiger charge is -2.03. The van der Waals surface area contributed by atoms with E-state index in [0.29, 0.717) is 0 Å². The Bertz CT molecular complexity index is 387. The molecule has 16 heavy (non-hydrogen) atoms. The molecule has 0 aliphatic heterocycles. The number of anilines is 1. The van der Waals surface area contributed by atoms with Crippen molar-refractivity contribution in [1.82, 2.24) is 4.98 Å². The van der Waals surface area contributed by atoms with Crippen LogP contribution >= 0.6 is 0 Å². The van der Waals surface area contributed by atoms with Gasteiger partial charge < -0.3 is 0 Å². The van der Waals surface area contributed by atoms with E-state index in [1.807, 2.05) is 12.4 Å². The van der Waals surface area contributed by atoms with Crippen LogP contribution in [0.15, 0.2) is 23.0 Å². The summed E-state index contributed by atoms with van der Waals surface area (Å²) in [6, 6.07) is 5.08. The number of nitrogens with one attached hydrogen (secondary N) is 2. The number of H-pyrrole nitrogens is 1. The van der Waals surface area contributed by atoms with E-state index in [-0.39, 0.29) is 5.56 Å². The quantitative estimate of drug-likeness (QED) is 0.437. The summed E-state index contributed by atoms with van der Waals surface area (Å²) in [5, 5.41) is 3.10. The van der Waals surface area contributed by atoms with Crippen molar-refractivity contribution >= 4 is 12.2 Å². The van der Waals surface area contributed by atoms with E-state index < -0.39 is 0 Å². The summed E-state index contributed by atoms with van der Waals surface area (Å²) in [7, 11) is 0. The van der Waals surface area contributed by atoms with Gasteiger partial charge in [0, 0.05) is 12.1 Å². The van der Waals surface area contributed by atoms with Crippen LogP contribution in [0.5, 0.6) is 0 Å². The average Bonchev–Trinajstić information content (AvgIpc) is 2.27. The summed E-state index contributed by atoms with van der Waals surface area (Å²) >= 11 is 0. The minimum atomic E-state index is -0.0871. The molecule has 0 aromatic carbocycles. The van der Waals surface area contributed by atoms with Crippen molar-refractivity contribution < 1.29 is 4.58 Å². The highest BCUT2D eigenvalue weighted by atomic mass is 16.1. The van der Waals surface area contributed by atoms with Crippen LogP contribution in [-0.2, 0) is 0 Å². The number of nitrogens with zero attached hydrogens (tertiary/aromatic N) is 1. The molecule has 0 fully saturated rings. The predicted molar refractivity (Wildman–Crippen MR) is 67.3 cm³/mol. The van der Waals surface area contributed by atoms with Crippen LogP contribution in [0, 0.1) is 0 Å². The fraction of sp³-hybridized carbons (Fsp3) is 0.500. The molecule has 0 atom stereocenters. The second-order valence-corrected chi connectivity index (χ2v) is 3.74. The first-order chi connectivity index (χ1) is 7.76. The topological polar surface area (TPSA) is 47.9 Å². The molecular weight excluding hydrogens is 202 g/mol. The van der Waals surface area contributed by atoms with Gasteiger partial charge in [0.2, 0.25) is 6.34 Å². The Hall–Kier alpha value is -1.58. The first-order valence-corrected chi connectivity index (χ1v) is 5.79. The Labute approximate surface area is 96.0 Å². The van der Waals surface area contributed by atoms with Gasteiger partial charge in [-0.05, 0) is 12.8 Å². The van der Waals surface area contributed by atoms with Gasteiger partial charge in [0.25, 0.3) is 5.56 Å². The van der Waals surface area contributed by atoms with Gasteiger partial charge in [-0.3, -0.25) is 14.4 Å². The Morgan fingerprint density at radius 3 is 2.56 bits per heavy atom. The number of aromatic amines is 1. The zero-order valence-corrected chi connectivity index (χ0v) is 9.99. The highest BCUT2D eigenvalue weighted by Gasteiger charge is 1.99. The van der Waals surface area contributed by atoms with Crippen LogP contribution in [0.4, 0.5) is 5.82 Å². The molecule has 1 aromatic heterocycles. The van der Waals surface area contributed by atoms with Crippen LogP contribution in [0.2, 0.25) is 0 Å². The van der Waals surface area contributed by atoms with E-state index >= 15 is 0 Å². The molecule has 0 aliphatic rings. The van der Waals surface area contributed by atoms with E-state index in [1.165, 1.54) is 6.07 Å². The van der Waals surface area contributed by atoms with Gasteiger partial charge in [-0.2, -0.15) is 0 Å². The summed E-state index contributed by atoms with van der Waals surface area (Å²) < 4.78 is 2.21. The predicted octanol–water partition coefficient (Wildman–Crippen LogP) is 1.65. The van der Waals surface area contributed by atoms with Crippen LogP contribution in [-0.4, -0.2) is 29.0 Å². The fourth-order valence-corrected chi connectivity index (χ4v) is 1.51. The maximum Gasteiger partial charge on any atom is 0.251 e. The third-order valence-electron chi connectivity index (χ3n) is 2.19. The molecule has 1 aromatic rings. The molecule has 0 aliphatic carbocycles. The van der Waals surface area contributed by atoms with Gasteiger partial charge in [-0.1, -0.05) is 19.9 Å². The van der Waals surface area contributed by atoms with Gasteiger partial charge >= 0.3 is 0 Å². The monoisotopic (exact) mass is 222 g/mol. The molecule has 0 amide bonds. The summed E-state index contributed by atoms with van der Waals surface area (Å²) in [6.45, 7) is 6.36. The Morgan fingerprint density at radius 1 is 1.31 bits per heavy atom. The smallest absolute Gasteiger partial charge is 0.251 e. The van der Waals surface area contributed by atoms with Gasteiger partial charge in [0.15, 0.2) is 5.82 Å². The Balaban J connectivity index is 2.65. The lowest BCUT2D eigenvalue weighted by molar-refractivity contribution is -0.523. The Kier molecular flexibility index (Phi) is 5.32. The molecule has 0 saturated carbocycles. The number of pyridine rings is 1. The van der Waals surface area contributed by atoms with Gasteiger partial charge in [0.1, 0.15) is 0 Å². The minimum Gasteiger partial charge on any atom is -0.289 e. The minimum absolute atomic E-state index is 0.0871. The van der Waals surface area contributed by atoms with Crippen LogP contribution < -0.4 is 10.9 Å². The van der Waals surface area contributed by atoms with E-state index in [2.05, 4.69) is 28.7 Å². The fourth-order valence-electron chi connectivity index (χ4n) is 1.51. The molecular formula is C12H20N3O+. The van der Waals surface area contributed by atoms with Crippen molar-refractivity contribution in [2.45, 2.75) is 26.7 Å². The van der Waals surface area contributed by atoms with Gasteiger partial charge in [0.05, 0.1) is 13.1 Å². The molecule has 0 radical (unpaired) electrons. The molecule has 1 heterocycles. The highest BCUT2D eigenvalue weighted by molar-refractivity contribution is 5.69. The second-order valence-electron chi connectivity index (χ2n) is 3.74. The van der Waals surface area contributed by atoms with Crippen molar-refractivity contribution in [2.24, 2.45) is 0 Å². The highest BCUT2D eigenvalue weighted by Crippen LogP contribution is 1.94. The third kappa shape index (κ3) is 4.29. The molecule has 0 spiro atoms. The molecule has 1 rings (SSSR count). The lowest BCUT2D eigenvalue weighted by Crippen LogP contribution is -2.20. The van der Waals surface area contributed by atoms with E-state index in [1.54, 1.807) is 6.07 Å². The van der Waals surface area contributed by atoms with E-state index in [0.717, 1.165) is 31.7 Å². The molecule has 88 valence electrons. The van der Waals surface area contributed by atoms with Gasteiger partial charge in [-0.25, -0.2) is 5.32 Å². The normalized spacial score (nSPS) is 9.88. The SMILES string of the molecule is CCC[N+](=CNc1cccc(=O)[nH]1)CCC. The van der Waals surface area contributed by atoms with Crippen molar-refractivity contribution in [2.75, 3.05) is 18.4 Å². The molecule has 2 N–H and O–H groups in total. The molecule has 0 bridgehead atoms. The molecule has 4 heteroatoms. The molecule has 0 saturated heterocycles. The van der Waals surface area contributed by atoms with E-state index in [4.69, 9.17) is 0 Å². The van der Waals surface area contributed by atoms with Crippen LogP contribution in [0.25, 0.3) is 0 Å². The number of rotatable bonds is 6. The van der Waals surface area contributed by atoms with Crippen molar-refractivity contribution in [3.8, 4) is 0 Å². The maximum atomic E-state index is 11.1. The Morgan fingerprint density at radius 2 is 2.00 bits per heavy atom. The molecule has 0 unspecified atom stereocenters. The number of hydrogen-bond donors (Lipinski definition) is 2. The van der Waals surface area contributed by atoms with Crippen molar-refractivity contribution in [3.05, 3.63) is 28.6 Å². The summed E-state index contributed by atoms with van der Waals surface area (Å²) in [5.74, 6) is 0.727. The summed E-state index contributed by atoms with van der Waals surface area (Å²) in [6.07, 6.45) is 4.16. The van der Waals surface area contributed by atoms with Crippen LogP contribution in [0.1, 0.15) is 26.7 Å². The number of aromatic nitrogens is 1. The molecule has 4 nitrogen and oxygen atoms in total. The summed E-state index contributed by atoms with van der Waals surface area (Å²) in [5.41, 5.74) is -0.0871. The number of hydrogen-bond acceptors (Lipinski definition) is 1. The third-order valence-corrected chi connectivity index (χ3v) is 2.19. The maximum absolute atomic E-state index is 11.1. The van der Waals surface area contributed by atoms with Crippen LogP contribution in [0.3, 0.4) is 0 Å². The second kappa shape index (κ2) is 6.82. The zero-order chi connectivity index (χ0) is 11.8. The lowest BCUT2D eigenvalue weighted by atomic mass is 10.4. The van der Waals surface area contributed by atoms with Gasteiger partial charge in [-0.15, -0.1) is 0 Å². The largest absolute Gasteiger partial charge is 0.289 e.